The quantitative estimate of drug-likeness (QED) is 0.403. The Labute approximate surface area is 112 Å². The Morgan fingerprint density at radius 2 is 1.95 bits per heavy atom. The van der Waals surface area contributed by atoms with Crippen molar-refractivity contribution in [2.75, 3.05) is 6.61 Å². The third-order valence-electron chi connectivity index (χ3n) is 2.44. The standard InChI is InChI=1S/C12H22N2O5/c1-3-4-5-6-19-12(18)8(2)14-11(17)9(13)7-10(15)16/h8-9H,3-7,13H2,1-2H3,(H,14,17)(H,15,16)/t8-,9-/m0/s1. The van der Waals surface area contributed by atoms with Crippen molar-refractivity contribution in [3.63, 3.8) is 0 Å². The molecule has 0 aliphatic rings. The second kappa shape index (κ2) is 9.32. The third kappa shape index (κ3) is 8.15. The topological polar surface area (TPSA) is 119 Å². The highest BCUT2D eigenvalue weighted by Gasteiger charge is 2.22. The second-order valence-corrected chi connectivity index (χ2v) is 4.31. The van der Waals surface area contributed by atoms with Crippen molar-refractivity contribution in [2.45, 2.75) is 51.6 Å². The van der Waals surface area contributed by atoms with E-state index < -0.39 is 36.4 Å². The summed E-state index contributed by atoms with van der Waals surface area (Å²) in [6.45, 7) is 3.82. The van der Waals surface area contributed by atoms with Gasteiger partial charge in [-0.2, -0.15) is 0 Å². The Balaban J connectivity index is 4.00. The highest BCUT2D eigenvalue weighted by molar-refractivity contribution is 5.89. The summed E-state index contributed by atoms with van der Waals surface area (Å²) in [5.41, 5.74) is 5.36. The molecule has 2 atom stereocenters. The molecule has 0 heterocycles. The van der Waals surface area contributed by atoms with Crippen LogP contribution in [0.25, 0.3) is 0 Å². The molecule has 0 aromatic heterocycles. The number of carboxylic acid groups (broad SMARTS) is 1. The molecular weight excluding hydrogens is 252 g/mol. The summed E-state index contributed by atoms with van der Waals surface area (Å²) in [7, 11) is 0. The molecular formula is C12H22N2O5. The van der Waals surface area contributed by atoms with Crippen LogP contribution in [0.3, 0.4) is 0 Å². The Kier molecular flexibility index (Phi) is 8.52. The SMILES string of the molecule is CCCCCOC(=O)[C@H](C)NC(=O)[C@@H](N)CC(=O)O. The van der Waals surface area contributed by atoms with Crippen molar-refractivity contribution >= 4 is 17.8 Å². The van der Waals surface area contributed by atoms with E-state index in [1.165, 1.54) is 6.92 Å². The number of carbonyl (C=O) groups excluding carboxylic acids is 2. The van der Waals surface area contributed by atoms with E-state index in [0.717, 1.165) is 19.3 Å². The van der Waals surface area contributed by atoms with E-state index in [0.29, 0.717) is 6.61 Å². The average Bonchev–Trinajstić information content (AvgIpc) is 2.33. The van der Waals surface area contributed by atoms with Gasteiger partial charge in [-0.15, -0.1) is 0 Å². The zero-order valence-electron chi connectivity index (χ0n) is 11.3. The zero-order chi connectivity index (χ0) is 14.8. The fourth-order valence-corrected chi connectivity index (χ4v) is 1.31. The molecule has 4 N–H and O–H groups in total. The molecule has 19 heavy (non-hydrogen) atoms. The summed E-state index contributed by atoms with van der Waals surface area (Å²) in [5.74, 6) is -2.40. The van der Waals surface area contributed by atoms with Crippen molar-refractivity contribution < 1.29 is 24.2 Å². The number of hydrogen-bond acceptors (Lipinski definition) is 5. The molecule has 0 spiro atoms. The van der Waals surface area contributed by atoms with Gasteiger partial charge >= 0.3 is 11.9 Å². The molecule has 0 fully saturated rings. The smallest absolute Gasteiger partial charge is 0.328 e. The summed E-state index contributed by atoms with van der Waals surface area (Å²) in [6, 6.07) is -2.01. The van der Waals surface area contributed by atoms with Gasteiger partial charge in [-0.1, -0.05) is 19.8 Å². The molecule has 7 nitrogen and oxygen atoms in total. The third-order valence-corrected chi connectivity index (χ3v) is 2.44. The maximum atomic E-state index is 11.5. The molecule has 7 heteroatoms. The first-order chi connectivity index (χ1) is 8.88. The predicted octanol–water partition coefficient (Wildman–Crippen LogP) is 0.0265. The monoisotopic (exact) mass is 274 g/mol. The lowest BCUT2D eigenvalue weighted by atomic mass is 10.2. The maximum absolute atomic E-state index is 11.5. The Morgan fingerprint density at radius 1 is 1.32 bits per heavy atom. The summed E-state index contributed by atoms with van der Waals surface area (Å²) in [5, 5.41) is 10.8. The number of nitrogens with one attached hydrogen (secondary N) is 1. The average molecular weight is 274 g/mol. The lowest BCUT2D eigenvalue weighted by Crippen LogP contribution is -2.48. The van der Waals surface area contributed by atoms with Crippen molar-refractivity contribution in [3.8, 4) is 0 Å². The van der Waals surface area contributed by atoms with Crippen LogP contribution < -0.4 is 11.1 Å². The zero-order valence-corrected chi connectivity index (χ0v) is 11.3. The van der Waals surface area contributed by atoms with Gasteiger partial charge in [-0.25, -0.2) is 4.79 Å². The molecule has 110 valence electrons. The van der Waals surface area contributed by atoms with Crippen molar-refractivity contribution in [2.24, 2.45) is 5.73 Å². The van der Waals surface area contributed by atoms with Crippen LogP contribution in [0.1, 0.15) is 39.5 Å². The van der Waals surface area contributed by atoms with Crippen LogP contribution in [0, 0.1) is 0 Å². The first-order valence-corrected chi connectivity index (χ1v) is 6.32. The van der Waals surface area contributed by atoms with Crippen LogP contribution in [0.2, 0.25) is 0 Å². The van der Waals surface area contributed by atoms with Crippen LogP contribution in [0.5, 0.6) is 0 Å². The van der Waals surface area contributed by atoms with Crippen LogP contribution in [0.15, 0.2) is 0 Å². The van der Waals surface area contributed by atoms with Gasteiger partial charge in [0.1, 0.15) is 6.04 Å². The highest BCUT2D eigenvalue weighted by atomic mass is 16.5. The van der Waals surface area contributed by atoms with Crippen LogP contribution in [-0.2, 0) is 19.1 Å². The summed E-state index contributed by atoms with van der Waals surface area (Å²) in [4.78, 5) is 33.3. The number of hydrogen-bond donors (Lipinski definition) is 3. The van der Waals surface area contributed by atoms with Crippen molar-refractivity contribution in [1.82, 2.24) is 5.32 Å². The van der Waals surface area contributed by atoms with Crippen molar-refractivity contribution in [1.29, 1.82) is 0 Å². The van der Waals surface area contributed by atoms with Gasteiger partial charge in [-0.05, 0) is 13.3 Å². The van der Waals surface area contributed by atoms with Gasteiger partial charge in [0, 0.05) is 0 Å². The number of nitrogens with two attached hydrogens (primary N) is 1. The summed E-state index contributed by atoms with van der Waals surface area (Å²) >= 11 is 0. The minimum Gasteiger partial charge on any atom is -0.481 e. The number of ether oxygens (including phenoxy) is 1. The van der Waals surface area contributed by atoms with Crippen LogP contribution >= 0.6 is 0 Å². The van der Waals surface area contributed by atoms with Gasteiger partial charge in [0.05, 0.1) is 19.1 Å². The number of esters is 1. The van der Waals surface area contributed by atoms with Crippen LogP contribution in [0.4, 0.5) is 0 Å². The minimum atomic E-state index is -1.17. The first-order valence-electron chi connectivity index (χ1n) is 6.32. The molecule has 1 amide bonds. The molecule has 0 saturated carbocycles. The van der Waals surface area contributed by atoms with E-state index in [1.54, 1.807) is 0 Å². The maximum Gasteiger partial charge on any atom is 0.328 e. The first kappa shape index (κ1) is 17.4. The number of unbranched alkanes of at least 4 members (excludes halogenated alkanes) is 2. The number of rotatable bonds is 9. The molecule has 0 aliphatic carbocycles. The van der Waals surface area contributed by atoms with E-state index in [9.17, 15) is 14.4 Å². The van der Waals surface area contributed by atoms with E-state index in [4.69, 9.17) is 15.6 Å². The summed E-state index contributed by atoms with van der Waals surface area (Å²) < 4.78 is 4.96. The molecule has 0 radical (unpaired) electrons. The molecule has 0 unspecified atom stereocenters. The van der Waals surface area contributed by atoms with Gasteiger partial charge in [0.15, 0.2) is 0 Å². The lowest BCUT2D eigenvalue weighted by Gasteiger charge is -2.15. The molecule has 0 bridgehead atoms. The van der Waals surface area contributed by atoms with Crippen molar-refractivity contribution in [3.05, 3.63) is 0 Å². The lowest BCUT2D eigenvalue weighted by molar-refractivity contribution is -0.147. The largest absolute Gasteiger partial charge is 0.481 e. The van der Waals surface area contributed by atoms with Crippen LogP contribution in [-0.4, -0.2) is 41.6 Å². The Morgan fingerprint density at radius 3 is 2.47 bits per heavy atom. The number of carbonyl (C=O) groups is 3. The van der Waals surface area contributed by atoms with Gasteiger partial charge in [-0.3, -0.25) is 9.59 Å². The van der Waals surface area contributed by atoms with E-state index >= 15 is 0 Å². The molecule has 0 aromatic rings. The van der Waals surface area contributed by atoms with E-state index in [1.807, 2.05) is 6.92 Å². The molecule has 0 aliphatic heterocycles. The number of carboxylic acids is 1. The van der Waals surface area contributed by atoms with Gasteiger partial charge in [0.2, 0.25) is 5.91 Å². The molecule has 0 saturated heterocycles. The fraction of sp³-hybridized carbons (Fsp3) is 0.750. The molecule has 0 rings (SSSR count). The Bertz CT molecular complexity index is 319. The number of aliphatic carboxylic acids is 1. The van der Waals surface area contributed by atoms with E-state index in [2.05, 4.69) is 5.32 Å². The van der Waals surface area contributed by atoms with Gasteiger partial charge in [0.25, 0.3) is 0 Å². The highest BCUT2D eigenvalue weighted by Crippen LogP contribution is 1.97. The predicted molar refractivity (Wildman–Crippen MR) is 68.3 cm³/mol. The van der Waals surface area contributed by atoms with Gasteiger partial charge < -0.3 is 20.9 Å². The normalized spacial score (nSPS) is 13.4. The molecule has 0 aromatic carbocycles. The minimum absolute atomic E-state index is 0.314. The van der Waals surface area contributed by atoms with E-state index in [-0.39, 0.29) is 0 Å². The fourth-order valence-electron chi connectivity index (χ4n) is 1.31. The summed E-state index contributed by atoms with van der Waals surface area (Å²) in [6.07, 6.45) is 2.29. The Hall–Kier alpha value is -1.63. The second-order valence-electron chi connectivity index (χ2n) is 4.31. The number of amides is 1.